The van der Waals surface area contributed by atoms with E-state index < -0.39 is 11.3 Å². The molecule has 1 rings (SSSR count). The average molecular weight is 372 g/mol. The number of aromatic hydroxyl groups is 1. The van der Waals surface area contributed by atoms with Gasteiger partial charge in [-0.05, 0) is 56.0 Å². The summed E-state index contributed by atoms with van der Waals surface area (Å²) >= 11 is 12.2. The average Bonchev–Trinajstić information content (AvgIpc) is 2.24. The fraction of sp³-hybridized carbons (Fsp3) is 0.300. The Kier molecular flexibility index (Phi) is 5.08. The molecule has 0 bridgehead atoms. The van der Waals surface area contributed by atoms with E-state index in [9.17, 15) is 9.90 Å². The van der Waals surface area contributed by atoms with Gasteiger partial charge in [0.25, 0.3) is 0 Å². The third-order valence-electron chi connectivity index (χ3n) is 1.95. The zero-order valence-corrected chi connectivity index (χ0v) is 12.3. The number of carbonyl (C=O) groups excluding carboxylic acids is 1. The maximum Gasteiger partial charge on any atom is 0.324 e. The SMILES string of the molecule is COC(=O)C(Cl)Cc1cc(Br)c(O)c(Br)c1. The predicted molar refractivity (Wildman–Crippen MR) is 68.9 cm³/mol. The molecule has 1 unspecified atom stereocenters. The van der Waals surface area contributed by atoms with Crippen LogP contribution in [0.3, 0.4) is 0 Å². The minimum absolute atomic E-state index is 0.118. The fourth-order valence-electron chi connectivity index (χ4n) is 1.15. The highest BCUT2D eigenvalue weighted by Gasteiger charge is 2.17. The molecule has 1 aromatic carbocycles. The Morgan fingerprint density at radius 2 is 2.00 bits per heavy atom. The number of methoxy groups -OCH3 is 1. The lowest BCUT2D eigenvalue weighted by Gasteiger charge is -2.09. The van der Waals surface area contributed by atoms with Crippen LogP contribution < -0.4 is 0 Å². The molecule has 6 heteroatoms. The summed E-state index contributed by atoms with van der Waals surface area (Å²) in [5, 5.41) is 8.77. The van der Waals surface area contributed by atoms with Gasteiger partial charge in [-0.15, -0.1) is 11.6 Å². The zero-order valence-electron chi connectivity index (χ0n) is 8.34. The first-order chi connectivity index (χ1) is 7.45. The lowest BCUT2D eigenvalue weighted by atomic mass is 10.1. The van der Waals surface area contributed by atoms with Crippen molar-refractivity contribution in [2.75, 3.05) is 7.11 Å². The Bertz CT molecular complexity index is 386. The number of ether oxygens (including phenoxy) is 1. The highest BCUT2D eigenvalue weighted by molar-refractivity contribution is 9.11. The number of halogens is 3. The molecule has 0 aromatic heterocycles. The molecule has 0 heterocycles. The molecule has 0 aliphatic rings. The molecule has 0 amide bonds. The number of phenols is 1. The largest absolute Gasteiger partial charge is 0.506 e. The smallest absolute Gasteiger partial charge is 0.324 e. The van der Waals surface area contributed by atoms with Crippen molar-refractivity contribution >= 4 is 49.4 Å². The first-order valence-electron chi connectivity index (χ1n) is 4.34. The molecular formula is C10H9Br2ClO3. The van der Waals surface area contributed by atoms with Gasteiger partial charge in [-0.3, -0.25) is 4.79 Å². The lowest BCUT2D eigenvalue weighted by molar-refractivity contribution is -0.140. The third kappa shape index (κ3) is 3.37. The Balaban J connectivity index is 2.86. The number of esters is 1. The van der Waals surface area contributed by atoms with E-state index in [1.54, 1.807) is 12.1 Å². The predicted octanol–water partition coefficient (Wildman–Crippen LogP) is 3.24. The summed E-state index contributed by atoms with van der Waals surface area (Å²) in [5.41, 5.74) is 0.821. The number of carbonyl (C=O) groups is 1. The minimum Gasteiger partial charge on any atom is -0.506 e. The van der Waals surface area contributed by atoms with Gasteiger partial charge in [0, 0.05) is 0 Å². The van der Waals surface area contributed by atoms with Gasteiger partial charge < -0.3 is 9.84 Å². The highest BCUT2D eigenvalue weighted by Crippen LogP contribution is 2.33. The Morgan fingerprint density at radius 1 is 1.50 bits per heavy atom. The number of phenolic OH excluding ortho intramolecular Hbond substituents is 1. The van der Waals surface area contributed by atoms with Crippen LogP contribution in [0.2, 0.25) is 0 Å². The zero-order chi connectivity index (χ0) is 12.3. The van der Waals surface area contributed by atoms with Crippen LogP contribution in [-0.2, 0) is 16.0 Å². The number of benzene rings is 1. The second kappa shape index (κ2) is 5.89. The number of alkyl halides is 1. The summed E-state index contributed by atoms with van der Waals surface area (Å²) in [6, 6.07) is 3.41. The fourth-order valence-corrected chi connectivity index (χ4v) is 2.70. The van der Waals surface area contributed by atoms with Crippen molar-refractivity contribution in [2.45, 2.75) is 11.8 Å². The molecule has 3 nitrogen and oxygen atoms in total. The van der Waals surface area contributed by atoms with Gasteiger partial charge in [0.1, 0.15) is 11.1 Å². The Morgan fingerprint density at radius 3 is 2.44 bits per heavy atom. The first-order valence-corrected chi connectivity index (χ1v) is 6.36. The normalized spacial score (nSPS) is 12.2. The van der Waals surface area contributed by atoms with Crippen molar-refractivity contribution in [1.29, 1.82) is 0 Å². The van der Waals surface area contributed by atoms with Crippen LogP contribution in [0.25, 0.3) is 0 Å². The second-order valence-corrected chi connectivity index (χ2v) is 5.34. The van der Waals surface area contributed by atoms with E-state index in [-0.39, 0.29) is 5.75 Å². The third-order valence-corrected chi connectivity index (χ3v) is 3.49. The minimum atomic E-state index is -0.728. The van der Waals surface area contributed by atoms with E-state index in [0.29, 0.717) is 15.4 Å². The number of rotatable bonds is 3. The van der Waals surface area contributed by atoms with Crippen LogP contribution in [-0.4, -0.2) is 23.6 Å². The van der Waals surface area contributed by atoms with E-state index in [2.05, 4.69) is 36.6 Å². The molecule has 0 aliphatic heterocycles. The summed E-state index contributed by atoms with van der Waals surface area (Å²) < 4.78 is 5.62. The van der Waals surface area contributed by atoms with Gasteiger partial charge in [-0.2, -0.15) is 0 Å². The van der Waals surface area contributed by atoms with Crippen molar-refractivity contribution < 1.29 is 14.6 Å². The van der Waals surface area contributed by atoms with E-state index in [4.69, 9.17) is 11.6 Å². The quantitative estimate of drug-likeness (QED) is 0.655. The first kappa shape index (κ1) is 13.8. The molecule has 0 saturated carbocycles. The van der Waals surface area contributed by atoms with Crippen molar-refractivity contribution in [2.24, 2.45) is 0 Å². The lowest BCUT2D eigenvalue weighted by Crippen LogP contribution is -2.18. The molecule has 1 N–H and O–H groups in total. The molecule has 0 saturated heterocycles. The molecule has 88 valence electrons. The number of hydrogen-bond acceptors (Lipinski definition) is 3. The van der Waals surface area contributed by atoms with Crippen molar-refractivity contribution in [3.05, 3.63) is 26.6 Å². The molecule has 16 heavy (non-hydrogen) atoms. The van der Waals surface area contributed by atoms with Crippen molar-refractivity contribution in [3.63, 3.8) is 0 Å². The summed E-state index contributed by atoms with van der Waals surface area (Å²) in [5.74, 6) is -0.352. The van der Waals surface area contributed by atoms with Gasteiger partial charge >= 0.3 is 5.97 Å². The standard InChI is InChI=1S/C10H9Br2ClO3/c1-16-10(15)8(13)4-5-2-6(11)9(14)7(12)3-5/h2-3,8,14H,4H2,1H3. The van der Waals surface area contributed by atoms with Crippen LogP contribution in [0.5, 0.6) is 5.75 Å². The summed E-state index contributed by atoms with van der Waals surface area (Å²) in [6.45, 7) is 0. The Labute approximate surface area is 115 Å². The van der Waals surface area contributed by atoms with Gasteiger partial charge in [-0.25, -0.2) is 0 Å². The summed E-state index contributed by atoms with van der Waals surface area (Å²) in [6.07, 6.45) is 0.339. The second-order valence-electron chi connectivity index (χ2n) is 3.10. The van der Waals surface area contributed by atoms with Crippen molar-refractivity contribution in [3.8, 4) is 5.75 Å². The number of hydrogen-bond donors (Lipinski definition) is 1. The highest BCUT2D eigenvalue weighted by atomic mass is 79.9. The maximum absolute atomic E-state index is 11.1. The van der Waals surface area contributed by atoms with Crippen LogP contribution in [0.15, 0.2) is 21.1 Å². The van der Waals surface area contributed by atoms with Gasteiger partial charge in [-0.1, -0.05) is 0 Å². The van der Waals surface area contributed by atoms with Crippen LogP contribution in [0.4, 0.5) is 0 Å². The molecular weight excluding hydrogens is 363 g/mol. The van der Waals surface area contributed by atoms with E-state index >= 15 is 0 Å². The Hall–Kier alpha value is -0.260. The summed E-state index contributed by atoms with van der Waals surface area (Å²) in [7, 11) is 1.29. The van der Waals surface area contributed by atoms with Gasteiger partial charge in [0.15, 0.2) is 0 Å². The summed E-state index contributed by atoms with van der Waals surface area (Å²) in [4.78, 5) is 11.1. The van der Waals surface area contributed by atoms with E-state index in [0.717, 1.165) is 5.56 Å². The maximum atomic E-state index is 11.1. The van der Waals surface area contributed by atoms with Crippen LogP contribution in [0, 0.1) is 0 Å². The topological polar surface area (TPSA) is 46.5 Å². The van der Waals surface area contributed by atoms with E-state index in [1.807, 2.05) is 0 Å². The van der Waals surface area contributed by atoms with Crippen LogP contribution in [0.1, 0.15) is 5.56 Å². The van der Waals surface area contributed by atoms with Crippen molar-refractivity contribution in [1.82, 2.24) is 0 Å². The molecule has 0 spiro atoms. The molecule has 0 radical (unpaired) electrons. The monoisotopic (exact) mass is 370 g/mol. The molecule has 1 atom stereocenters. The van der Waals surface area contributed by atoms with E-state index in [1.165, 1.54) is 7.11 Å². The van der Waals surface area contributed by atoms with Gasteiger partial charge in [0.2, 0.25) is 0 Å². The van der Waals surface area contributed by atoms with Gasteiger partial charge in [0.05, 0.1) is 16.1 Å². The molecule has 0 fully saturated rings. The van der Waals surface area contributed by atoms with Crippen LogP contribution >= 0.6 is 43.5 Å². The molecule has 0 aliphatic carbocycles. The molecule has 1 aromatic rings.